The summed E-state index contributed by atoms with van der Waals surface area (Å²) in [5, 5.41) is 0. The molecule has 2 rings (SSSR count). The first-order valence-corrected chi connectivity index (χ1v) is 6.29. The Kier molecular flexibility index (Phi) is 3.11. The van der Waals surface area contributed by atoms with Crippen molar-refractivity contribution < 1.29 is 30.0 Å². The average Bonchev–Trinajstić information content (AvgIpc) is 2.58. The number of ether oxygens (including phenoxy) is 1. The van der Waals surface area contributed by atoms with Gasteiger partial charge in [0.15, 0.2) is 0 Å². The summed E-state index contributed by atoms with van der Waals surface area (Å²) in [6.07, 6.45) is -5.59. The first-order chi connectivity index (χ1) is 10.3. The van der Waals surface area contributed by atoms with Crippen molar-refractivity contribution in [2.75, 3.05) is 7.11 Å². The Morgan fingerprint density at radius 2 is 1.76 bits per heavy atom. The predicted octanol–water partition coefficient (Wildman–Crippen LogP) is 2.41. The van der Waals surface area contributed by atoms with E-state index >= 15 is 0 Å². The summed E-state index contributed by atoms with van der Waals surface area (Å²) in [5.41, 5.74) is -3.36. The first-order valence-electron chi connectivity index (χ1n) is 7.29. The molecule has 1 saturated heterocycles. The Hall–Kier alpha value is -1.28. The summed E-state index contributed by atoms with van der Waals surface area (Å²) in [5.74, 6) is -0.262. The molecular formula is C13H17BF3NO3. The Labute approximate surface area is 124 Å². The standard InChI is InChI=1S/C13H17BF3NO3/c1-11(2)12(3,4)21-14(20-11)8-6-10(13(15,16)17)18-7-9(8)19-5/h6-7H,1-5H3/i6D,7D. The van der Waals surface area contributed by atoms with Gasteiger partial charge in [0.05, 0.1) is 27.2 Å². The number of aromatic nitrogens is 1. The van der Waals surface area contributed by atoms with Gasteiger partial charge in [-0.25, -0.2) is 4.98 Å². The van der Waals surface area contributed by atoms with Gasteiger partial charge in [-0.15, -0.1) is 0 Å². The second kappa shape index (κ2) is 4.88. The molecule has 1 aliphatic heterocycles. The van der Waals surface area contributed by atoms with Crippen LogP contribution in [0.1, 0.15) is 36.1 Å². The highest BCUT2D eigenvalue weighted by atomic mass is 19.4. The van der Waals surface area contributed by atoms with Crippen molar-refractivity contribution in [3.05, 3.63) is 17.9 Å². The van der Waals surface area contributed by atoms with Crippen molar-refractivity contribution in [3.8, 4) is 5.75 Å². The fraction of sp³-hybridized carbons (Fsp3) is 0.615. The molecule has 8 heteroatoms. The van der Waals surface area contributed by atoms with Crippen molar-refractivity contribution in [2.45, 2.75) is 45.1 Å². The maximum atomic E-state index is 13.0. The molecule has 0 aromatic carbocycles. The highest BCUT2D eigenvalue weighted by molar-refractivity contribution is 6.63. The molecule has 0 bridgehead atoms. The predicted molar refractivity (Wildman–Crippen MR) is 71.5 cm³/mol. The number of nitrogens with zero attached hydrogens (tertiary/aromatic N) is 1. The van der Waals surface area contributed by atoms with Crippen LogP contribution in [0.15, 0.2) is 12.2 Å². The van der Waals surface area contributed by atoms with E-state index in [1.807, 2.05) is 0 Å². The molecule has 21 heavy (non-hydrogen) atoms. The Morgan fingerprint density at radius 1 is 1.24 bits per heavy atom. The van der Waals surface area contributed by atoms with Crippen LogP contribution >= 0.6 is 0 Å². The fourth-order valence-corrected chi connectivity index (χ4v) is 1.80. The minimum atomic E-state index is -4.86. The SMILES string of the molecule is [2H]c1nc(C(F)(F)F)c([2H])c(B2OC(C)(C)C(C)(C)O2)c1OC. The first kappa shape index (κ1) is 13.4. The van der Waals surface area contributed by atoms with E-state index in [2.05, 4.69) is 4.98 Å². The molecule has 0 atom stereocenters. The normalized spacial score (nSPS) is 22.0. The quantitative estimate of drug-likeness (QED) is 0.787. The van der Waals surface area contributed by atoms with Crippen LogP contribution in [0.3, 0.4) is 0 Å². The molecule has 0 spiro atoms. The van der Waals surface area contributed by atoms with Crippen molar-refractivity contribution in [3.63, 3.8) is 0 Å². The van der Waals surface area contributed by atoms with Crippen LogP contribution in [0, 0.1) is 0 Å². The monoisotopic (exact) mass is 305 g/mol. The summed E-state index contributed by atoms with van der Waals surface area (Å²) in [4.78, 5) is 3.14. The van der Waals surface area contributed by atoms with Crippen LogP contribution in [0.4, 0.5) is 13.2 Å². The van der Waals surface area contributed by atoms with Gasteiger partial charge in [0, 0.05) is 5.46 Å². The summed E-state index contributed by atoms with van der Waals surface area (Å²) in [7, 11) is -0.0631. The molecule has 2 heterocycles. The largest absolute Gasteiger partial charge is 0.498 e. The number of halogens is 3. The molecular weight excluding hydrogens is 286 g/mol. The van der Waals surface area contributed by atoms with E-state index in [1.165, 1.54) is 7.11 Å². The molecule has 0 unspecified atom stereocenters. The smallest absolute Gasteiger partial charge is 0.496 e. The lowest BCUT2D eigenvalue weighted by Crippen LogP contribution is -2.41. The summed E-state index contributed by atoms with van der Waals surface area (Å²) < 4.78 is 71.0. The van der Waals surface area contributed by atoms with Crippen LogP contribution in [0.25, 0.3) is 0 Å². The molecule has 0 amide bonds. The maximum Gasteiger partial charge on any atom is 0.498 e. The fourth-order valence-electron chi connectivity index (χ4n) is 1.80. The van der Waals surface area contributed by atoms with Crippen molar-refractivity contribution >= 4 is 12.6 Å². The van der Waals surface area contributed by atoms with Gasteiger partial charge in [0.25, 0.3) is 0 Å². The van der Waals surface area contributed by atoms with Gasteiger partial charge in [-0.1, -0.05) is 0 Å². The van der Waals surface area contributed by atoms with Gasteiger partial charge in [-0.05, 0) is 33.7 Å². The number of pyridine rings is 1. The zero-order valence-corrected chi connectivity index (χ0v) is 12.4. The molecule has 1 aromatic rings. The number of rotatable bonds is 2. The molecule has 1 aliphatic rings. The topological polar surface area (TPSA) is 40.6 Å². The summed E-state index contributed by atoms with van der Waals surface area (Å²) >= 11 is 0. The van der Waals surface area contributed by atoms with Gasteiger partial charge >= 0.3 is 13.3 Å². The highest BCUT2D eigenvalue weighted by Gasteiger charge is 2.53. The third-order valence-electron chi connectivity index (χ3n) is 3.73. The zero-order chi connectivity index (χ0) is 17.8. The van der Waals surface area contributed by atoms with Crippen LogP contribution in [0.5, 0.6) is 5.75 Å². The second-order valence-electron chi connectivity index (χ2n) is 5.73. The molecule has 0 radical (unpaired) electrons. The third-order valence-corrected chi connectivity index (χ3v) is 3.73. The molecule has 0 N–H and O–H groups in total. The van der Waals surface area contributed by atoms with Crippen LogP contribution in [-0.4, -0.2) is 30.4 Å². The lowest BCUT2D eigenvalue weighted by molar-refractivity contribution is -0.141. The Bertz CT molecular complexity index is 622. The van der Waals surface area contributed by atoms with E-state index in [-0.39, 0.29) is 11.2 Å². The Balaban J connectivity index is 2.65. The molecule has 116 valence electrons. The minimum absolute atomic E-state index is 0.262. The number of alkyl halides is 3. The summed E-state index contributed by atoms with van der Waals surface area (Å²) in [6, 6.07) is -0.913. The van der Waals surface area contributed by atoms with Crippen molar-refractivity contribution in [1.82, 2.24) is 4.98 Å². The van der Waals surface area contributed by atoms with E-state index in [4.69, 9.17) is 16.8 Å². The third kappa shape index (κ3) is 2.87. The highest BCUT2D eigenvalue weighted by Crippen LogP contribution is 2.37. The maximum absolute atomic E-state index is 13.0. The van der Waals surface area contributed by atoms with Gasteiger partial charge in [0.1, 0.15) is 11.4 Å². The van der Waals surface area contributed by atoms with Gasteiger partial charge in [-0.2, -0.15) is 13.2 Å². The molecule has 1 aromatic heterocycles. The minimum Gasteiger partial charge on any atom is -0.496 e. The van der Waals surface area contributed by atoms with Crippen LogP contribution < -0.4 is 10.2 Å². The molecule has 4 nitrogen and oxygen atoms in total. The number of hydrogen-bond donors (Lipinski definition) is 0. The number of hydrogen-bond acceptors (Lipinski definition) is 4. The van der Waals surface area contributed by atoms with Gasteiger partial charge < -0.3 is 14.0 Å². The molecule has 0 saturated carbocycles. The molecule has 1 fully saturated rings. The van der Waals surface area contributed by atoms with Crippen molar-refractivity contribution in [1.29, 1.82) is 0 Å². The Morgan fingerprint density at radius 3 is 2.19 bits per heavy atom. The van der Waals surface area contributed by atoms with E-state index in [0.29, 0.717) is 0 Å². The van der Waals surface area contributed by atoms with E-state index in [9.17, 15) is 13.2 Å². The number of methoxy groups -OCH3 is 1. The summed E-state index contributed by atoms with van der Waals surface area (Å²) in [6.45, 7) is 6.93. The zero-order valence-electron chi connectivity index (χ0n) is 14.4. The average molecular weight is 305 g/mol. The lowest BCUT2D eigenvalue weighted by Gasteiger charge is -2.32. The van der Waals surface area contributed by atoms with Crippen molar-refractivity contribution in [2.24, 2.45) is 0 Å². The van der Waals surface area contributed by atoms with Gasteiger partial charge in [0.2, 0.25) is 0 Å². The van der Waals surface area contributed by atoms with Gasteiger partial charge in [-0.3, -0.25) is 0 Å². The van der Waals surface area contributed by atoms with E-state index in [0.717, 1.165) is 0 Å². The lowest BCUT2D eigenvalue weighted by atomic mass is 9.78. The van der Waals surface area contributed by atoms with Crippen LogP contribution in [0.2, 0.25) is 0 Å². The van der Waals surface area contributed by atoms with E-state index < -0.39 is 42.4 Å². The molecule has 0 aliphatic carbocycles. The second-order valence-corrected chi connectivity index (χ2v) is 5.73. The van der Waals surface area contributed by atoms with Crippen LogP contribution in [-0.2, 0) is 15.5 Å². The van der Waals surface area contributed by atoms with E-state index in [1.54, 1.807) is 27.7 Å².